The molecule has 1 aromatic heterocycles. The minimum Gasteiger partial charge on any atom is -0.358 e. The van der Waals surface area contributed by atoms with E-state index in [1.54, 1.807) is 12.1 Å². The summed E-state index contributed by atoms with van der Waals surface area (Å²) in [5, 5.41) is 4.17. The minimum atomic E-state index is -0.528. The predicted molar refractivity (Wildman–Crippen MR) is 115 cm³/mol. The Hall–Kier alpha value is -3.08. The number of rotatable bonds is 5. The highest BCUT2D eigenvalue weighted by molar-refractivity contribution is 5.97. The largest absolute Gasteiger partial charge is 0.358 e. The normalized spacial score (nSPS) is 15.6. The Labute approximate surface area is 171 Å². The Balaban J connectivity index is 1.56. The Kier molecular flexibility index (Phi) is 5.38. The summed E-state index contributed by atoms with van der Waals surface area (Å²) in [4.78, 5) is 31.5. The molecule has 2 N–H and O–H groups in total. The number of nitrogens with one attached hydrogen (secondary N) is 2. The third kappa shape index (κ3) is 3.77. The Morgan fingerprint density at radius 3 is 2.59 bits per heavy atom. The summed E-state index contributed by atoms with van der Waals surface area (Å²) in [7, 11) is 0. The second kappa shape index (κ2) is 8.11. The van der Waals surface area contributed by atoms with E-state index < -0.39 is 6.04 Å². The first kappa shape index (κ1) is 19.2. The third-order valence-electron chi connectivity index (χ3n) is 6.00. The summed E-state index contributed by atoms with van der Waals surface area (Å²) < 4.78 is 0. The number of hydrogen-bond donors (Lipinski definition) is 2. The molecule has 2 heterocycles. The highest BCUT2D eigenvalue weighted by Crippen LogP contribution is 2.28. The number of aromatic nitrogens is 1. The molecule has 0 radical (unpaired) electrons. The van der Waals surface area contributed by atoms with E-state index in [0.29, 0.717) is 18.7 Å². The van der Waals surface area contributed by atoms with Crippen molar-refractivity contribution >= 4 is 22.7 Å². The molecule has 0 saturated carbocycles. The molecule has 3 aromatic rings. The number of carbonyl (C=O) groups is 2. The smallest absolute Gasteiger partial charge is 0.251 e. The lowest BCUT2D eigenvalue weighted by molar-refractivity contribution is -0.135. The molecule has 0 unspecified atom stereocenters. The number of fused-ring (bicyclic) bond motifs is 3. The van der Waals surface area contributed by atoms with Crippen molar-refractivity contribution in [3.05, 3.63) is 71.4 Å². The molecule has 0 bridgehead atoms. The van der Waals surface area contributed by atoms with Crippen LogP contribution in [0.1, 0.15) is 41.9 Å². The van der Waals surface area contributed by atoms with Gasteiger partial charge in [0, 0.05) is 47.2 Å². The molecular weight excluding hydrogens is 362 g/mol. The number of aromatic amines is 1. The number of H-pyrrole nitrogens is 1. The number of benzene rings is 2. The summed E-state index contributed by atoms with van der Waals surface area (Å²) in [6.07, 6.45) is 1.62. The van der Waals surface area contributed by atoms with E-state index in [1.807, 2.05) is 49.1 Å². The molecule has 1 aliphatic heterocycles. The highest BCUT2D eigenvalue weighted by atomic mass is 16.2. The number of amides is 2. The average molecular weight is 389 g/mol. The van der Waals surface area contributed by atoms with Gasteiger partial charge in [0.05, 0.1) is 0 Å². The lowest BCUT2D eigenvalue weighted by atomic mass is 9.95. The lowest BCUT2D eigenvalue weighted by Gasteiger charge is -2.33. The molecule has 0 saturated heterocycles. The van der Waals surface area contributed by atoms with Gasteiger partial charge in [0.25, 0.3) is 5.91 Å². The van der Waals surface area contributed by atoms with Crippen molar-refractivity contribution in [2.75, 3.05) is 6.54 Å². The van der Waals surface area contributed by atoms with Gasteiger partial charge in [-0.05, 0) is 24.1 Å². The van der Waals surface area contributed by atoms with Crippen molar-refractivity contribution < 1.29 is 9.59 Å². The van der Waals surface area contributed by atoms with Gasteiger partial charge in [0.15, 0.2) is 0 Å². The van der Waals surface area contributed by atoms with Gasteiger partial charge >= 0.3 is 0 Å². The maximum Gasteiger partial charge on any atom is 0.251 e. The van der Waals surface area contributed by atoms with Crippen LogP contribution in [0.5, 0.6) is 0 Å². The van der Waals surface area contributed by atoms with Gasteiger partial charge in [-0.25, -0.2) is 0 Å². The van der Waals surface area contributed by atoms with E-state index in [0.717, 1.165) is 18.4 Å². The highest BCUT2D eigenvalue weighted by Gasteiger charge is 2.32. The number of carbonyl (C=O) groups excluding carboxylic acids is 2. The van der Waals surface area contributed by atoms with Gasteiger partial charge in [0.2, 0.25) is 5.91 Å². The summed E-state index contributed by atoms with van der Waals surface area (Å²) >= 11 is 0. The fourth-order valence-corrected chi connectivity index (χ4v) is 4.05. The zero-order chi connectivity index (χ0) is 20.4. The zero-order valence-electron chi connectivity index (χ0n) is 16.9. The summed E-state index contributed by atoms with van der Waals surface area (Å²) in [6.45, 7) is 5.31. The van der Waals surface area contributed by atoms with Gasteiger partial charge in [-0.15, -0.1) is 0 Å². The standard InChI is InChI=1S/C24H27N3O2/c1-3-16(2)22(26-23(28)17-9-5-4-6-10-17)24(29)27-14-13-21-19(15-27)18-11-7-8-12-20(18)25-21/h4-12,16,22,25H,3,13-15H2,1-2H3,(H,26,28)/t16-,22+/m0/s1. The maximum absolute atomic E-state index is 13.4. The van der Waals surface area contributed by atoms with Crippen LogP contribution in [-0.2, 0) is 17.8 Å². The fraction of sp³-hybridized carbons (Fsp3) is 0.333. The molecule has 150 valence electrons. The number of hydrogen-bond acceptors (Lipinski definition) is 2. The van der Waals surface area contributed by atoms with Crippen LogP contribution in [0.2, 0.25) is 0 Å². The Bertz CT molecular complexity index is 1030. The first-order valence-electron chi connectivity index (χ1n) is 10.3. The van der Waals surface area contributed by atoms with Gasteiger partial charge < -0.3 is 15.2 Å². The second-order valence-corrected chi connectivity index (χ2v) is 7.84. The van der Waals surface area contributed by atoms with Gasteiger partial charge in [-0.1, -0.05) is 56.7 Å². The molecule has 0 fully saturated rings. The van der Waals surface area contributed by atoms with E-state index in [-0.39, 0.29) is 17.7 Å². The van der Waals surface area contributed by atoms with Crippen molar-refractivity contribution in [1.82, 2.24) is 15.2 Å². The summed E-state index contributed by atoms with van der Waals surface area (Å²) in [6, 6.07) is 16.8. The number of para-hydroxylation sites is 1. The Morgan fingerprint density at radius 1 is 1.10 bits per heavy atom. The van der Waals surface area contributed by atoms with Crippen LogP contribution in [0.15, 0.2) is 54.6 Å². The minimum absolute atomic E-state index is 0.000405. The van der Waals surface area contributed by atoms with Crippen LogP contribution in [0.25, 0.3) is 10.9 Å². The van der Waals surface area contributed by atoms with E-state index in [1.165, 1.54) is 16.6 Å². The van der Waals surface area contributed by atoms with E-state index in [4.69, 9.17) is 0 Å². The van der Waals surface area contributed by atoms with Crippen molar-refractivity contribution in [2.24, 2.45) is 5.92 Å². The van der Waals surface area contributed by atoms with Gasteiger partial charge in [-0.2, -0.15) is 0 Å². The predicted octanol–water partition coefficient (Wildman–Crippen LogP) is 3.90. The topological polar surface area (TPSA) is 65.2 Å². The lowest BCUT2D eigenvalue weighted by Crippen LogP contribution is -2.52. The van der Waals surface area contributed by atoms with Crippen LogP contribution in [0.3, 0.4) is 0 Å². The quantitative estimate of drug-likeness (QED) is 0.695. The summed E-state index contributed by atoms with van der Waals surface area (Å²) in [5.74, 6) is -0.145. The third-order valence-corrected chi connectivity index (χ3v) is 6.00. The van der Waals surface area contributed by atoms with Crippen molar-refractivity contribution in [1.29, 1.82) is 0 Å². The van der Waals surface area contributed by atoms with Gasteiger partial charge in [0.1, 0.15) is 6.04 Å². The maximum atomic E-state index is 13.4. The van der Waals surface area contributed by atoms with E-state index >= 15 is 0 Å². The molecule has 2 aromatic carbocycles. The molecule has 4 rings (SSSR count). The van der Waals surface area contributed by atoms with Crippen molar-refractivity contribution in [3.63, 3.8) is 0 Å². The first-order chi connectivity index (χ1) is 14.1. The van der Waals surface area contributed by atoms with Crippen LogP contribution in [-0.4, -0.2) is 34.3 Å². The monoisotopic (exact) mass is 389 g/mol. The van der Waals surface area contributed by atoms with E-state index in [9.17, 15) is 9.59 Å². The van der Waals surface area contributed by atoms with Gasteiger partial charge in [-0.3, -0.25) is 9.59 Å². The molecule has 1 aliphatic rings. The molecule has 5 nitrogen and oxygen atoms in total. The van der Waals surface area contributed by atoms with Crippen LogP contribution in [0.4, 0.5) is 0 Å². The molecule has 2 amide bonds. The zero-order valence-corrected chi connectivity index (χ0v) is 16.9. The van der Waals surface area contributed by atoms with Crippen LogP contribution < -0.4 is 5.32 Å². The first-order valence-corrected chi connectivity index (χ1v) is 10.3. The molecular formula is C24H27N3O2. The van der Waals surface area contributed by atoms with Crippen LogP contribution in [0, 0.1) is 5.92 Å². The second-order valence-electron chi connectivity index (χ2n) is 7.84. The van der Waals surface area contributed by atoms with Crippen molar-refractivity contribution in [3.8, 4) is 0 Å². The average Bonchev–Trinajstić information content (AvgIpc) is 3.14. The fourth-order valence-electron chi connectivity index (χ4n) is 4.05. The Morgan fingerprint density at radius 2 is 1.83 bits per heavy atom. The van der Waals surface area contributed by atoms with Crippen molar-refractivity contribution in [2.45, 2.75) is 39.3 Å². The summed E-state index contributed by atoms with van der Waals surface area (Å²) in [5.41, 5.74) is 4.09. The molecule has 0 spiro atoms. The van der Waals surface area contributed by atoms with E-state index in [2.05, 4.69) is 22.4 Å². The molecule has 5 heteroatoms. The molecule has 2 atom stereocenters. The molecule has 0 aliphatic carbocycles. The molecule has 29 heavy (non-hydrogen) atoms. The van der Waals surface area contributed by atoms with Crippen LogP contribution >= 0.6 is 0 Å². The number of nitrogens with zero attached hydrogens (tertiary/aromatic N) is 1. The SMILES string of the molecule is CC[C@H](C)[C@@H](NC(=O)c1ccccc1)C(=O)N1CCc2[nH]c3ccccc3c2C1.